The Bertz CT molecular complexity index is 358. The van der Waals surface area contributed by atoms with Crippen LogP contribution in [-0.2, 0) is 6.54 Å². The van der Waals surface area contributed by atoms with Crippen molar-refractivity contribution in [1.82, 2.24) is 4.90 Å². The number of nitrogens with zero attached hydrogens (tertiary/aromatic N) is 1. The minimum atomic E-state index is 0.208. The van der Waals surface area contributed by atoms with E-state index in [1.807, 2.05) is 12.1 Å². The van der Waals surface area contributed by atoms with Crippen molar-refractivity contribution < 1.29 is 9.84 Å². The number of hydrogen-bond donors (Lipinski definition) is 1. The van der Waals surface area contributed by atoms with Crippen LogP contribution in [0.4, 0.5) is 0 Å². The highest BCUT2D eigenvalue weighted by atomic mass is 16.5. The Balaban J connectivity index is 2.65. The lowest BCUT2D eigenvalue weighted by Gasteiger charge is -2.22. The van der Waals surface area contributed by atoms with Crippen LogP contribution in [-0.4, -0.2) is 30.2 Å². The third kappa shape index (κ3) is 5.52. The SMILES string of the molecule is CCCCN(CCCC)Cc1ccc(O)c(OC)c1. The zero-order chi connectivity index (χ0) is 14.1. The summed E-state index contributed by atoms with van der Waals surface area (Å²) in [5, 5.41) is 9.61. The summed E-state index contributed by atoms with van der Waals surface area (Å²) >= 11 is 0. The fraction of sp³-hybridized carbons (Fsp3) is 0.625. The van der Waals surface area contributed by atoms with Crippen LogP contribution in [0.5, 0.6) is 11.5 Å². The second-order valence-electron chi connectivity index (χ2n) is 4.99. The number of hydrogen-bond acceptors (Lipinski definition) is 3. The third-order valence-electron chi connectivity index (χ3n) is 3.31. The predicted octanol–water partition coefficient (Wildman–Crippen LogP) is 3.80. The van der Waals surface area contributed by atoms with Gasteiger partial charge in [-0.05, 0) is 43.6 Å². The minimum absolute atomic E-state index is 0.208. The first kappa shape index (κ1) is 15.8. The van der Waals surface area contributed by atoms with Gasteiger partial charge in [-0.1, -0.05) is 32.8 Å². The topological polar surface area (TPSA) is 32.7 Å². The molecule has 0 aliphatic rings. The molecule has 0 fully saturated rings. The van der Waals surface area contributed by atoms with Crippen LogP contribution in [0.3, 0.4) is 0 Å². The van der Waals surface area contributed by atoms with Gasteiger partial charge in [0, 0.05) is 6.54 Å². The van der Waals surface area contributed by atoms with Crippen molar-refractivity contribution >= 4 is 0 Å². The van der Waals surface area contributed by atoms with E-state index < -0.39 is 0 Å². The maximum absolute atomic E-state index is 9.61. The molecular formula is C16H27NO2. The molecule has 0 aliphatic carbocycles. The minimum Gasteiger partial charge on any atom is -0.504 e. The van der Waals surface area contributed by atoms with E-state index in [4.69, 9.17) is 4.74 Å². The normalized spacial score (nSPS) is 10.9. The molecule has 0 spiro atoms. The molecule has 1 aromatic carbocycles. The van der Waals surface area contributed by atoms with Crippen LogP contribution in [0.25, 0.3) is 0 Å². The fourth-order valence-corrected chi connectivity index (χ4v) is 2.11. The van der Waals surface area contributed by atoms with Crippen molar-refractivity contribution in [2.75, 3.05) is 20.2 Å². The number of unbranched alkanes of at least 4 members (excludes halogenated alkanes) is 2. The van der Waals surface area contributed by atoms with Gasteiger partial charge in [-0.25, -0.2) is 0 Å². The Morgan fingerprint density at radius 2 is 1.74 bits per heavy atom. The molecule has 0 saturated heterocycles. The van der Waals surface area contributed by atoms with Gasteiger partial charge in [-0.2, -0.15) is 0 Å². The molecule has 1 N–H and O–H groups in total. The highest BCUT2D eigenvalue weighted by Gasteiger charge is 2.08. The largest absolute Gasteiger partial charge is 0.504 e. The third-order valence-corrected chi connectivity index (χ3v) is 3.31. The molecule has 1 aromatic rings. The summed E-state index contributed by atoms with van der Waals surface area (Å²) in [6, 6.07) is 5.62. The molecule has 0 atom stereocenters. The van der Waals surface area contributed by atoms with Crippen molar-refractivity contribution in [1.29, 1.82) is 0 Å². The number of methoxy groups -OCH3 is 1. The van der Waals surface area contributed by atoms with Gasteiger partial charge in [-0.3, -0.25) is 4.90 Å². The molecule has 0 bridgehead atoms. The van der Waals surface area contributed by atoms with E-state index in [0.29, 0.717) is 5.75 Å². The van der Waals surface area contributed by atoms with Gasteiger partial charge in [0.25, 0.3) is 0 Å². The Kier molecular flexibility index (Phi) is 7.34. The maximum atomic E-state index is 9.61. The van der Waals surface area contributed by atoms with Gasteiger partial charge in [0.1, 0.15) is 0 Å². The van der Waals surface area contributed by atoms with Gasteiger partial charge in [0.2, 0.25) is 0 Å². The lowest BCUT2D eigenvalue weighted by atomic mass is 10.1. The second kappa shape index (κ2) is 8.81. The molecule has 3 nitrogen and oxygen atoms in total. The number of ether oxygens (including phenoxy) is 1. The van der Waals surface area contributed by atoms with Crippen molar-refractivity contribution in [2.24, 2.45) is 0 Å². The van der Waals surface area contributed by atoms with Crippen LogP contribution < -0.4 is 4.74 Å². The summed E-state index contributed by atoms with van der Waals surface area (Å²) in [4.78, 5) is 2.48. The van der Waals surface area contributed by atoms with Crippen LogP contribution in [0.1, 0.15) is 45.1 Å². The molecule has 1 rings (SSSR count). The van der Waals surface area contributed by atoms with E-state index in [0.717, 1.165) is 19.6 Å². The molecule has 0 aliphatic heterocycles. The summed E-state index contributed by atoms with van der Waals surface area (Å²) in [5.74, 6) is 0.767. The van der Waals surface area contributed by atoms with Crippen LogP contribution in [0.2, 0.25) is 0 Å². The van der Waals surface area contributed by atoms with Crippen molar-refractivity contribution in [3.8, 4) is 11.5 Å². The van der Waals surface area contributed by atoms with Gasteiger partial charge >= 0.3 is 0 Å². The summed E-state index contributed by atoms with van der Waals surface area (Å²) in [6.45, 7) is 7.65. The number of benzene rings is 1. The molecular weight excluding hydrogens is 238 g/mol. The van der Waals surface area contributed by atoms with E-state index in [1.54, 1.807) is 13.2 Å². The second-order valence-corrected chi connectivity index (χ2v) is 4.99. The highest BCUT2D eigenvalue weighted by Crippen LogP contribution is 2.26. The monoisotopic (exact) mass is 265 g/mol. The van der Waals surface area contributed by atoms with Crippen molar-refractivity contribution in [3.05, 3.63) is 23.8 Å². The average molecular weight is 265 g/mol. The summed E-state index contributed by atoms with van der Waals surface area (Å²) in [5.41, 5.74) is 1.20. The molecule has 0 radical (unpaired) electrons. The molecule has 0 aromatic heterocycles. The number of aromatic hydroxyl groups is 1. The predicted molar refractivity (Wildman–Crippen MR) is 79.8 cm³/mol. The van der Waals surface area contributed by atoms with Crippen LogP contribution in [0, 0.1) is 0 Å². The number of phenolic OH excluding ortho intramolecular Hbond substituents is 1. The van der Waals surface area contributed by atoms with Gasteiger partial charge in [-0.15, -0.1) is 0 Å². The molecule has 0 saturated carbocycles. The first-order valence-corrected chi connectivity index (χ1v) is 7.29. The smallest absolute Gasteiger partial charge is 0.160 e. The van der Waals surface area contributed by atoms with E-state index >= 15 is 0 Å². The van der Waals surface area contributed by atoms with Crippen molar-refractivity contribution in [2.45, 2.75) is 46.1 Å². The van der Waals surface area contributed by atoms with Crippen molar-refractivity contribution in [3.63, 3.8) is 0 Å². The van der Waals surface area contributed by atoms with E-state index in [9.17, 15) is 5.11 Å². The first-order chi connectivity index (χ1) is 9.21. The number of rotatable bonds is 9. The van der Waals surface area contributed by atoms with Gasteiger partial charge < -0.3 is 9.84 Å². The average Bonchev–Trinajstić information content (AvgIpc) is 2.43. The zero-order valence-electron chi connectivity index (χ0n) is 12.5. The van der Waals surface area contributed by atoms with E-state index in [2.05, 4.69) is 18.7 Å². The van der Waals surface area contributed by atoms with Gasteiger partial charge in [0.15, 0.2) is 11.5 Å². The van der Waals surface area contributed by atoms with E-state index in [-0.39, 0.29) is 5.75 Å². The standard InChI is InChI=1S/C16H27NO2/c1-4-6-10-17(11-7-5-2)13-14-8-9-15(18)16(12-14)19-3/h8-9,12,18H,4-7,10-11,13H2,1-3H3. The summed E-state index contributed by atoms with van der Waals surface area (Å²) in [7, 11) is 1.59. The lowest BCUT2D eigenvalue weighted by molar-refractivity contribution is 0.256. The summed E-state index contributed by atoms with van der Waals surface area (Å²) in [6.07, 6.45) is 4.92. The molecule has 0 amide bonds. The van der Waals surface area contributed by atoms with Gasteiger partial charge in [0.05, 0.1) is 7.11 Å². The van der Waals surface area contributed by atoms with Crippen LogP contribution in [0.15, 0.2) is 18.2 Å². The van der Waals surface area contributed by atoms with Crippen LogP contribution >= 0.6 is 0 Å². The first-order valence-electron chi connectivity index (χ1n) is 7.29. The zero-order valence-corrected chi connectivity index (χ0v) is 12.5. The summed E-state index contributed by atoms with van der Waals surface area (Å²) < 4.78 is 5.16. The Morgan fingerprint density at radius 1 is 1.11 bits per heavy atom. The van der Waals surface area contributed by atoms with E-state index in [1.165, 1.54) is 31.2 Å². The Hall–Kier alpha value is -1.22. The lowest BCUT2D eigenvalue weighted by Crippen LogP contribution is -2.25. The Morgan fingerprint density at radius 3 is 2.26 bits per heavy atom. The molecule has 19 heavy (non-hydrogen) atoms. The highest BCUT2D eigenvalue weighted by molar-refractivity contribution is 5.41. The molecule has 108 valence electrons. The molecule has 0 heterocycles. The maximum Gasteiger partial charge on any atom is 0.160 e. The Labute approximate surface area is 117 Å². The quantitative estimate of drug-likeness (QED) is 0.737. The molecule has 3 heteroatoms. The fourth-order valence-electron chi connectivity index (χ4n) is 2.11. The number of phenols is 1. The molecule has 0 unspecified atom stereocenters.